The lowest BCUT2D eigenvalue weighted by molar-refractivity contribution is -0.139. The van der Waals surface area contributed by atoms with Gasteiger partial charge < -0.3 is 19.8 Å². The van der Waals surface area contributed by atoms with Gasteiger partial charge in [-0.15, -0.1) is 11.8 Å². The van der Waals surface area contributed by atoms with E-state index in [0.717, 1.165) is 24.4 Å². The minimum atomic E-state index is -0.845. The molecule has 1 saturated heterocycles. The van der Waals surface area contributed by atoms with Crippen LogP contribution in [0.5, 0.6) is 5.75 Å². The summed E-state index contributed by atoms with van der Waals surface area (Å²) in [4.78, 5) is 18.7. The van der Waals surface area contributed by atoms with Crippen LogP contribution in [0.4, 0.5) is 8.78 Å². The number of hydrogen-bond acceptors (Lipinski definition) is 6. The molecule has 1 aromatic heterocycles. The summed E-state index contributed by atoms with van der Waals surface area (Å²) < 4.78 is 32.2. The molecule has 0 bridgehead atoms. The number of carboxylic acids is 1. The number of aliphatic hydroxyl groups is 1. The van der Waals surface area contributed by atoms with Gasteiger partial charge in [-0.2, -0.15) is 0 Å². The Bertz CT molecular complexity index is 1260. The van der Waals surface area contributed by atoms with Crippen molar-refractivity contribution in [3.8, 4) is 5.75 Å². The van der Waals surface area contributed by atoms with Gasteiger partial charge in [-0.3, -0.25) is 9.78 Å². The van der Waals surface area contributed by atoms with E-state index in [2.05, 4.69) is 9.88 Å². The number of hydrogen-bond donors (Lipinski definition) is 2. The molecule has 0 saturated carbocycles. The maximum absolute atomic E-state index is 13.4. The number of thioether (sulfide) groups is 1. The first-order valence-corrected chi connectivity index (χ1v) is 13.9. The quantitative estimate of drug-likeness (QED) is 0.269. The van der Waals surface area contributed by atoms with Crippen LogP contribution in [0.1, 0.15) is 37.4 Å². The van der Waals surface area contributed by atoms with Crippen LogP contribution in [0.25, 0.3) is 10.9 Å². The first-order chi connectivity index (χ1) is 18.2. The predicted octanol–water partition coefficient (Wildman–Crippen LogP) is 6.19. The summed E-state index contributed by atoms with van der Waals surface area (Å²) in [5, 5.41) is 21.8. The number of carbonyl (C=O) groups is 1. The molecule has 1 aliphatic rings. The van der Waals surface area contributed by atoms with Gasteiger partial charge in [0.05, 0.1) is 23.8 Å². The Balaban J connectivity index is 1.37. The van der Waals surface area contributed by atoms with Crippen LogP contribution in [-0.4, -0.2) is 58.6 Å². The lowest BCUT2D eigenvalue weighted by Crippen LogP contribution is -2.42. The number of carboxylic acid groups (broad SMARTS) is 1. The molecule has 2 N–H and O–H groups in total. The number of rotatable bonds is 11. The number of piperidine rings is 1. The zero-order valence-electron chi connectivity index (χ0n) is 21.1. The van der Waals surface area contributed by atoms with Crippen molar-refractivity contribution in [3.63, 3.8) is 0 Å². The molecular weight excluding hydrogens is 534 g/mol. The van der Waals surface area contributed by atoms with Crippen LogP contribution in [-0.2, 0) is 4.79 Å². The lowest BCUT2D eigenvalue weighted by atomic mass is 9.79. The molecule has 4 rings (SSSR count). The third-order valence-electron chi connectivity index (χ3n) is 7.14. The Morgan fingerprint density at radius 1 is 1.24 bits per heavy atom. The number of fused-ring (bicyclic) bond motifs is 1. The van der Waals surface area contributed by atoms with Crippen molar-refractivity contribution in [2.45, 2.75) is 36.7 Å². The summed E-state index contributed by atoms with van der Waals surface area (Å²) >= 11 is 7.83. The van der Waals surface area contributed by atoms with E-state index in [-0.39, 0.29) is 18.3 Å². The molecule has 0 aliphatic carbocycles. The van der Waals surface area contributed by atoms with Gasteiger partial charge in [-0.05, 0) is 68.0 Å². The molecule has 0 spiro atoms. The highest BCUT2D eigenvalue weighted by molar-refractivity contribution is 7.99. The average molecular weight is 565 g/mol. The van der Waals surface area contributed by atoms with Gasteiger partial charge in [0.15, 0.2) is 0 Å². The minimum Gasteiger partial charge on any atom is -0.497 e. The monoisotopic (exact) mass is 564 g/mol. The van der Waals surface area contributed by atoms with Crippen molar-refractivity contribution in [1.82, 2.24) is 9.88 Å². The fourth-order valence-electron chi connectivity index (χ4n) is 5.25. The molecule has 10 heteroatoms. The van der Waals surface area contributed by atoms with Gasteiger partial charge in [-0.25, -0.2) is 8.78 Å². The summed E-state index contributed by atoms with van der Waals surface area (Å²) in [7, 11) is 1.57. The standard InChI is InChI=1S/C28H31ClF2N2O4S/c1-37-21-3-4-25-23(14-21)28(24(29)15-32-25)26(34)5-2-17-6-7-33(16-18(17)10-27(35)36)8-9-38-22-12-19(30)11-20(31)13-22/h3-4,11-15,17-18,26,34H,2,5-10,16H2,1H3,(H,35,36)/t17?,18?,26-/m1/s1. The van der Waals surface area contributed by atoms with E-state index in [0.29, 0.717) is 58.4 Å². The molecule has 1 aliphatic heterocycles. The van der Waals surface area contributed by atoms with Crippen LogP contribution in [0.15, 0.2) is 47.5 Å². The van der Waals surface area contributed by atoms with E-state index < -0.39 is 23.7 Å². The second kappa shape index (κ2) is 13.1. The highest BCUT2D eigenvalue weighted by Gasteiger charge is 2.31. The second-order valence-corrected chi connectivity index (χ2v) is 11.2. The van der Waals surface area contributed by atoms with Crippen LogP contribution in [0.2, 0.25) is 5.02 Å². The maximum Gasteiger partial charge on any atom is 0.303 e. The molecule has 2 unspecified atom stereocenters. The third kappa shape index (κ3) is 7.34. The largest absolute Gasteiger partial charge is 0.497 e. The number of likely N-dealkylation sites (tertiary alicyclic amines) is 1. The molecule has 2 heterocycles. The summed E-state index contributed by atoms with van der Waals surface area (Å²) in [6.45, 7) is 2.11. The average Bonchev–Trinajstić information content (AvgIpc) is 2.86. The van der Waals surface area contributed by atoms with Crippen LogP contribution >= 0.6 is 23.4 Å². The number of methoxy groups -OCH3 is 1. The Morgan fingerprint density at radius 2 is 2.00 bits per heavy atom. The fourth-order valence-corrected chi connectivity index (χ4v) is 6.50. The van der Waals surface area contributed by atoms with Gasteiger partial charge in [-0.1, -0.05) is 11.6 Å². The smallest absolute Gasteiger partial charge is 0.303 e. The highest BCUT2D eigenvalue weighted by atomic mass is 35.5. The number of benzene rings is 2. The normalized spacial score (nSPS) is 19.0. The lowest BCUT2D eigenvalue weighted by Gasteiger charge is -2.38. The third-order valence-corrected chi connectivity index (χ3v) is 8.39. The van der Waals surface area contributed by atoms with Crippen LogP contribution in [0, 0.1) is 23.5 Å². The number of aromatic nitrogens is 1. The molecule has 38 heavy (non-hydrogen) atoms. The first-order valence-electron chi connectivity index (χ1n) is 12.6. The number of pyridine rings is 1. The molecule has 204 valence electrons. The number of halogens is 3. The Hall–Kier alpha value is -2.46. The predicted molar refractivity (Wildman–Crippen MR) is 145 cm³/mol. The molecular formula is C28H31ClF2N2O4S. The van der Waals surface area contributed by atoms with Crippen molar-refractivity contribution in [3.05, 3.63) is 64.8 Å². The van der Waals surface area contributed by atoms with Gasteiger partial charge in [0.2, 0.25) is 0 Å². The summed E-state index contributed by atoms with van der Waals surface area (Å²) in [6, 6.07) is 8.92. The van der Waals surface area contributed by atoms with Crippen molar-refractivity contribution in [2.75, 3.05) is 32.5 Å². The highest BCUT2D eigenvalue weighted by Crippen LogP contribution is 2.37. The second-order valence-electron chi connectivity index (χ2n) is 9.66. The summed E-state index contributed by atoms with van der Waals surface area (Å²) in [5.74, 6) is -0.678. The van der Waals surface area contributed by atoms with E-state index in [4.69, 9.17) is 16.3 Å². The van der Waals surface area contributed by atoms with E-state index in [1.54, 1.807) is 13.2 Å². The van der Waals surface area contributed by atoms with E-state index in [1.165, 1.54) is 30.1 Å². The molecule has 3 aromatic rings. The minimum absolute atomic E-state index is 0.0512. The van der Waals surface area contributed by atoms with E-state index in [9.17, 15) is 23.8 Å². The van der Waals surface area contributed by atoms with Crippen molar-refractivity contribution in [2.24, 2.45) is 11.8 Å². The van der Waals surface area contributed by atoms with E-state index in [1.807, 2.05) is 12.1 Å². The maximum atomic E-state index is 13.4. The van der Waals surface area contributed by atoms with E-state index >= 15 is 0 Å². The number of aliphatic hydroxyl groups excluding tert-OH is 1. The van der Waals surface area contributed by atoms with Gasteiger partial charge in [0, 0.05) is 53.4 Å². The summed E-state index contributed by atoms with van der Waals surface area (Å²) in [6.07, 6.45) is 2.67. The number of nitrogens with zero attached hydrogens (tertiary/aromatic N) is 2. The van der Waals surface area contributed by atoms with Crippen molar-refractivity contribution >= 4 is 40.2 Å². The molecule has 0 amide bonds. The molecule has 3 atom stereocenters. The van der Waals surface area contributed by atoms with Gasteiger partial charge in [0.25, 0.3) is 0 Å². The zero-order valence-corrected chi connectivity index (χ0v) is 22.7. The van der Waals surface area contributed by atoms with Crippen molar-refractivity contribution in [1.29, 1.82) is 0 Å². The Morgan fingerprint density at radius 3 is 2.71 bits per heavy atom. The van der Waals surface area contributed by atoms with Crippen LogP contribution in [0.3, 0.4) is 0 Å². The van der Waals surface area contributed by atoms with Gasteiger partial charge >= 0.3 is 5.97 Å². The SMILES string of the molecule is COc1ccc2ncc(Cl)c([C@H](O)CCC3CCN(CCSc4cc(F)cc(F)c4)CC3CC(=O)O)c2c1. The molecule has 2 aromatic carbocycles. The Kier molecular flexibility index (Phi) is 9.81. The molecule has 0 radical (unpaired) electrons. The van der Waals surface area contributed by atoms with Crippen LogP contribution < -0.4 is 4.74 Å². The molecule has 6 nitrogen and oxygen atoms in total. The Labute approximate surface area is 230 Å². The summed E-state index contributed by atoms with van der Waals surface area (Å²) in [5.41, 5.74) is 1.31. The fraction of sp³-hybridized carbons (Fsp3) is 0.429. The number of ether oxygens (including phenoxy) is 1. The molecule has 1 fully saturated rings. The zero-order chi connectivity index (χ0) is 27.2. The topological polar surface area (TPSA) is 82.9 Å². The number of aliphatic carboxylic acids is 1. The first kappa shape index (κ1) is 28.5. The van der Waals surface area contributed by atoms with Crippen molar-refractivity contribution < 1.29 is 28.5 Å². The van der Waals surface area contributed by atoms with Gasteiger partial charge in [0.1, 0.15) is 17.4 Å².